The smallest absolute Gasteiger partial charge is 0.416 e. The third-order valence-corrected chi connectivity index (χ3v) is 8.30. The minimum atomic E-state index is -4.37. The zero-order chi connectivity index (χ0) is 27.6. The van der Waals surface area contributed by atoms with E-state index in [0.29, 0.717) is 24.4 Å². The predicted molar refractivity (Wildman–Crippen MR) is 142 cm³/mol. The number of carbonyl (C=O) groups excluding carboxylic acids is 1. The number of fused-ring (bicyclic) bond motifs is 1. The van der Waals surface area contributed by atoms with Crippen LogP contribution >= 0.6 is 0 Å². The summed E-state index contributed by atoms with van der Waals surface area (Å²) in [6.45, 7) is 8.90. The maximum Gasteiger partial charge on any atom is 0.416 e. The molecule has 5 nitrogen and oxygen atoms in total. The van der Waals surface area contributed by atoms with E-state index in [-0.39, 0.29) is 23.9 Å². The van der Waals surface area contributed by atoms with E-state index >= 15 is 0 Å². The summed E-state index contributed by atoms with van der Waals surface area (Å²) in [5.74, 6) is 0.528. The topological polar surface area (TPSA) is 68.3 Å². The summed E-state index contributed by atoms with van der Waals surface area (Å²) < 4.78 is 50.9. The summed E-state index contributed by atoms with van der Waals surface area (Å²) in [4.78, 5) is 20.6. The lowest BCUT2D eigenvalue weighted by Gasteiger charge is -2.31. The summed E-state index contributed by atoms with van der Waals surface area (Å²) in [5, 5.41) is 2.93. The number of nitrogens with one attached hydrogen (secondary N) is 1. The molecule has 38 heavy (non-hydrogen) atoms. The Labute approximate surface area is 224 Å². The Hall–Kier alpha value is -2.88. The van der Waals surface area contributed by atoms with Gasteiger partial charge in [-0.1, -0.05) is 38.1 Å². The second-order valence-corrected chi connectivity index (χ2v) is 11.6. The molecule has 1 aromatic heterocycles. The van der Waals surface area contributed by atoms with Crippen LogP contribution < -0.4 is 5.32 Å². The fourth-order valence-electron chi connectivity index (χ4n) is 4.93. The van der Waals surface area contributed by atoms with Crippen molar-refractivity contribution in [2.24, 2.45) is 5.92 Å². The zero-order valence-corrected chi connectivity index (χ0v) is 22.7. The van der Waals surface area contributed by atoms with E-state index in [1.54, 1.807) is 6.20 Å². The summed E-state index contributed by atoms with van der Waals surface area (Å²) in [5.41, 5.74) is 3.34. The van der Waals surface area contributed by atoms with Crippen LogP contribution in [0, 0.1) is 5.92 Å². The summed E-state index contributed by atoms with van der Waals surface area (Å²) >= 11 is -1.02. The minimum Gasteiger partial charge on any atom is -0.611 e. The molecule has 1 aliphatic rings. The van der Waals surface area contributed by atoms with Crippen molar-refractivity contribution in [2.75, 3.05) is 5.75 Å². The molecular weight excluding hydrogens is 511 g/mol. The molecule has 0 saturated heterocycles. The number of nitrogens with zero attached hydrogens (tertiary/aromatic N) is 2. The van der Waals surface area contributed by atoms with E-state index < -0.39 is 22.9 Å². The SMILES string of the molecule is CC[S+]([O-])c1ccc(CNC(=O)c2cnc3c(c2)[C@H](C)N(Cc2ccc(C(F)(F)F)cc2)[C@H]3C(C)C)cc1. The van der Waals surface area contributed by atoms with Crippen LogP contribution in [-0.4, -0.2) is 26.1 Å². The van der Waals surface area contributed by atoms with Crippen molar-refractivity contribution in [1.82, 2.24) is 15.2 Å². The van der Waals surface area contributed by atoms with Crippen LogP contribution in [0.3, 0.4) is 0 Å². The molecule has 0 bridgehead atoms. The van der Waals surface area contributed by atoms with Gasteiger partial charge in [-0.2, -0.15) is 13.2 Å². The number of hydrogen-bond donors (Lipinski definition) is 1. The van der Waals surface area contributed by atoms with Crippen molar-refractivity contribution in [3.8, 4) is 0 Å². The van der Waals surface area contributed by atoms with Crippen LogP contribution in [-0.2, 0) is 30.4 Å². The fraction of sp³-hybridized carbons (Fsp3) is 0.379. The molecule has 1 amide bonds. The molecule has 2 aromatic carbocycles. The molecule has 0 spiro atoms. The Morgan fingerprint density at radius 3 is 2.32 bits per heavy atom. The van der Waals surface area contributed by atoms with Crippen LogP contribution in [0.25, 0.3) is 0 Å². The number of carbonyl (C=O) groups is 1. The van der Waals surface area contributed by atoms with Crippen molar-refractivity contribution in [3.63, 3.8) is 0 Å². The van der Waals surface area contributed by atoms with Gasteiger partial charge in [0.2, 0.25) is 0 Å². The van der Waals surface area contributed by atoms with Gasteiger partial charge in [0.1, 0.15) is 5.75 Å². The van der Waals surface area contributed by atoms with E-state index in [4.69, 9.17) is 0 Å². The average Bonchev–Trinajstić information content (AvgIpc) is 3.17. The quantitative estimate of drug-likeness (QED) is 0.333. The average molecular weight is 544 g/mol. The van der Waals surface area contributed by atoms with Gasteiger partial charge in [-0.25, -0.2) is 0 Å². The Kier molecular flexibility index (Phi) is 8.49. The number of alkyl halides is 3. The maximum atomic E-state index is 13.0. The minimum absolute atomic E-state index is 0.0217. The lowest BCUT2D eigenvalue weighted by Crippen LogP contribution is -2.28. The molecule has 0 radical (unpaired) electrons. The third kappa shape index (κ3) is 6.06. The maximum absolute atomic E-state index is 13.0. The number of aromatic nitrogens is 1. The van der Waals surface area contributed by atoms with Crippen molar-refractivity contribution in [1.29, 1.82) is 0 Å². The van der Waals surface area contributed by atoms with E-state index in [0.717, 1.165) is 39.4 Å². The Balaban J connectivity index is 1.48. The predicted octanol–water partition coefficient (Wildman–Crippen LogP) is 6.43. The van der Waals surface area contributed by atoms with E-state index in [9.17, 15) is 22.5 Å². The highest BCUT2D eigenvalue weighted by Crippen LogP contribution is 2.45. The van der Waals surface area contributed by atoms with Gasteiger partial charge in [0, 0.05) is 25.3 Å². The molecule has 1 aliphatic heterocycles. The van der Waals surface area contributed by atoms with Crippen molar-refractivity contribution >= 4 is 17.1 Å². The first kappa shape index (κ1) is 28.1. The molecule has 9 heteroatoms. The third-order valence-electron chi connectivity index (χ3n) is 6.98. The molecule has 202 valence electrons. The number of pyridine rings is 1. The van der Waals surface area contributed by atoms with E-state index in [1.165, 1.54) is 12.1 Å². The molecule has 1 N–H and O–H groups in total. The molecule has 3 atom stereocenters. The normalized spacial score (nSPS) is 18.4. The second kappa shape index (κ2) is 11.5. The molecule has 2 heterocycles. The molecular formula is C29H32F3N3O2S. The first-order valence-corrected chi connectivity index (χ1v) is 14.0. The lowest BCUT2D eigenvalue weighted by molar-refractivity contribution is -0.137. The highest BCUT2D eigenvalue weighted by molar-refractivity contribution is 7.91. The van der Waals surface area contributed by atoms with Crippen LogP contribution in [0.1, 0.15) is 78.1 Å². The Morgan fingerprint density at radius 2 is 1.74 bits per heavy atom. The highest BCUT2D eigenvalue weighted by atomic mass is 32.2. The van der Waals surface area contributed by atoms with Gasteiger partial charge in [0.05, 0.1) is 22.9 Å². The summed E-state index contributed by atoms with van der Waals surface area (Å²) in [6.07, 6.45) is -2.78. The van der Waals surface area contributed by atoms with Gasteiger partial charge in [-0.3, -0.25) is 14.7 Å². The molecule has 0 saturated carbocycles. The van der Waals surface area contributed by atoms with Crippen LogP contribution in [0.2, 0.25) is 0 Å². The highest BCUT2D eigenvalue weighted by Gasteiger charge is 2.39. The number of benzene rings is 2. The van der Waals surface area contributed by atoms with Gasteiger partial charge in [0.15, 0.2) is 4.90 Å². The molecule has 0 aliphatic carbocycles. The first-order valence-electron chi connectivity index (χ1n) is 12.7. The summed E-state index contributed by atoms with van der Waals surface area (Å²) in [7, 11) is 0. The van der Waals surface area contributed by atoms with Gasteiger partial charge < -0.3 is 9.87 Å². The number of hydrogen-bond acceptors (Lipinski definition) is 4. The number of amides is 1. The molecule has 4 rings (SSSR count). The largest absolute Gasteiger partial charge is 0.611 e. The Morgan fingerprint density at radius 1 is 1.11 bits per heavy atom. The zero-order valence-electron chi connectivity index (χ0n) is 21.9. The van der Waals surface area contributed by atoms with Crippen LogP contribution in [0.15, 0.2) is 65.7 Å². The lowest BCUT2D eigenvalue weighted by atomic mass is 9.99. The van der Waals surface area contributed by atoms with Crippen molar-refractivity contribution in [3.05, 3.63) is 94.3 Å². The summed E-state index contributed by atoms with van der Waals surface area (Å²) in [6, 6.07) is 14.4. The van der Waals surface area contributed by atoms with Crippen LogP contribution in [0.5, 0.6) is 0 Å². The van der Waals surface area contributed by atoms with Gasteiger partial charge >= 0.3 is 6.18 Å². The van der Waals surface area contributed by atoms with Gasteiger partial charge in [-0.05, 0) is 78.0 Å². The van der Waals surface area contributed by atoms with Crippen molar-refractivity contribution < 1.29 is 22.5 Å². The first-order chi connectivity index (χ1) is 18.0. The molecule has 0 fully saturated rings. The molecule has 3 aromatic rings. The van der Waals surface area contributed by atoms with E-state index in [1.807, 2.05) is 44.2 Å². The van der Waals surface area contributed by atoms with Crippen molar-refractivity contribution in [2.45, 2.75) is 63.9 Å². The number of rotatable bonds is 8. The van der Waals surface area contributed by atoms with E-state index in [2.05, 4.69) is 29.0 Å². The Bertz CT molecular complexity index is 1260. The van der Waals surface area contributed by atoms with Gasteiger partial charge in [0.25, 0.3) is 5.91 Å². The fourth-order valence-corrected chi connectivity index (χ4v) is 5.70. The second-order valence-electron chi connectivity index (χ2n) is 9.89. The standard InChI is InChI=1S/C29H32F3N3O2S/c1-5-38(37)24-12-8-20(9-13-24)15-34-28(36)22-14-25-19(4)35(27(18(2)3)26(25)33-16-22)17-21-6-10-23(11-7-21)29(30,31)32/h6-14,16,18-19,27H,5,15,17H2,1-4H3,(H,34,36)/t19-,27-,38?/m0/s1. The monoisotopic (exact) mass is 543 g/mol. The van der Waals surface area contributed by atoms with Crippen LogP contribution in [0.4, 0.5) is 13.2 Å². The molecule has 1 unspecified atom stereocenters. The number of halogens is 3. The van der Waals surface area contributed by atoms with Gasteiger partial charge in [-0.15, -0.1) is 0 Å².